The van der Waals surface area contributed by atoms with E-state index in [2.05, 4.69) is 9.80 Å². The number of rotatable bonds is 6. The lowest BCUT2D eigenvalue weighted by molar-refractivity contribution is -0.134. The fourth-order valence-electron chi connectivity index (χ4n) is 4.34. The lowest BCUT2D eigenvalue weighted by Gasteiger charge is -2.37. The Morgan fingerprint density at radius 2 is 1.69 bits per heavy atom. The van der Waals surface area contributed by atoms with Gasteiger partial charge in [0.05, 0.1) is 13.5 Å². The van der Waals surface area contributed by atoms with E-state index in [1.807, 2.05) is 24.3 Å². The van der Waals surface area contributed by atoms with Crippen molar-refractivity contribution >= 4 is 5.91 Å². The fourth-order valence-corrected chi connectivity index (χ4v) is 4.34. The maximum Gasteiger partial charge on any atom is 0.227 e. The molecule has 0 bridgehead atoms. The molecule has 26 heavy (non-hydrogen) atoms. The number of nitrogens with zero attached hydrogens (tertiary/aromatic N) is 2. The summed E-state index contributed by atoms with van der Waals surface area (Å²) in [6.45, 7) is 4.57. The van der Waals surface area contributed by atoms with Gasteiger partial charge in [0, 0.05) is 19.1 Å². The van der Waals surface area contributed by atoms with E-state index in [-0.39, 0.29) is 5.91 Å². The van der Waals surface area contributed by atoms with Gasteiger partial charge in [-0.2, -0.15) is 0 Å². The van der Waals surface area contributed by atoms with E-state index in [1.54, 1.807) is 7.11 Å². The van der Waals surface area contributed by atoms with E-state index < -0.39 is 0 Å². The third kappa shape index (κ3) is 5.47. The van der Waals surface area contributed by atoms with Gasteiger partial charge in [0.25, 0.3) is 0 Å². The van der Waals surface area contributed by atoms with Crippen LogP contribution in [0.3, 0.4) is 0 Å². The van der Waals surface area contributed by atoms with Gasteiger partial charge in [-0.1, -0.05) is 25.0 Å². The SMILES string of the molecule is COc1ccc(CC(=O)N2CCCC[C@@H]2CCN2CCCCCC2)cc1. The van der Waals surface area contributed by atoms with Gasteiger partial charge >= 0.3 is 0 Å². The standard InChI is InChI=1S/C22H34N2O2/c1-26-21-11-9-19(10-12-21)18-22(25)24-16-7-4-8-20(24)13-17-23-14-5-2-3-6-15-23/h9-12,20H,2-8,13-18H2,1H3/t20-/m1/s1. The van der Waals surface area contributed by atoms with Crippen molar-refractivity contribution in [2.24, 2.45) is 0 Å². The average Bonchev–Trinajstić information content (AvgIpc) is 2.96. The third-order valence-electron chi connectivity index (χ3n) is 5.94. The molecule has 0 N–H and O–H groups in total. The van der Waals surface area contributed by atoms with E-state index in [0.717, 1.165) is 37.2 Å². The van der Waals surface area contributed by atoms with Crippen LogP contribution in [0.4, 0.5) is 0 Å². The number of likely N-dealkylation sites (tertiary alicyclic amines) is 2. The second kappa shape index (κ2) is 9.96. The van der Waals surface area contributed by atoms with Crippen LogP contribution in [0, 0.1) is 0 Å². The molecule has 3 rings (SSSR count). The second-order valence-corrected chi connectivity index (χ2v) is 7.81. The number of ether oxygens (including phenoxy) is 1. The minimum absolute atomic E-state index is 0.288. The van der Waals surface area contributed by atoms with E-state index in [0.29, 0.717) is 12.5 Å². The number of amides is 1. The molecule has 144 valence electrons. The number of methoxy groups -OCH3 is 1. The molecule has 1 aromatic carbocycles. The molecule has 2 saturated heterocycles. The molecule has 2 heterocycles. The Morgan fingerprint density at radius 3 is 2.38 bits per heavy atom. The van der Waals surface area contributed by atoms with Crippen LogP contribution in [0.5, 0.6) is 5.75 Å². The third-order valence-corrected chi connectivity index (χ3v) is 5.94. The lowest BCUT2D eigenvalue weighted by Crippen LogP contribution is -2.46. The first kappa shape index (κ1) is 19.2. The molecular formula is C22H34N2O2. The fraction of sp³-hybridized carbons (Fsp3) is 0.682. The van der Waals surface area contributed by atoms with Crippen LogP contribution in [0.1, 0.15) is 56.9 Å². The summed E-state index contributed by atoms with van der Waals surface area (Å²) in [6.07, 6.45) is 10.7. The Balaban J connectivity index is 1.53. The topological polar surface area (TPSA) is 32.8 Å². The van der Waals surface area contributed by atoms with Crippen LogP contribution in [-0.4, -0.2) is 55.0 Å². The highest BCUT2D eigenvalue weighted by Crippen LogP contribution is 2.22. The zero-order valence-electron chi connectivity index (χ0n) is 16.3. The largest absolute Gasteiger partial charge is 0.497 e. The Hall–Kier alpha value is -1.55. The maximum atomic E-state index is 12.9. The molecule has 2 aliphatic heterocycles. The summed E-state index contributed by atoms with van der Waals surface area (Å²) in [5.74, 6) is 1.13. The zero-order valence-corrected chi connectivity index (χ0v) is 16.3. The minimum atomic E-state index is 0.288. The van der Waals surface area contributed by atoms with Crippen LogP contribution in [0.15, 0.2) is 24.3 Å². The van der Waals surface area contributed by atoms with E-state index in [4.69, 9.17) is 4.74 Å². The minimum Gasteiger partial charge on any atom is -0.497 e. The Morgan fingerprint density at radius 1 is 1.00 bits per heavy atom. The summed E-state index contributed by atoms with van der Waals surface area (Å²) in [5, 5.41) is 0. The predicted octanol–water partition coefficient (Wildman–Crippen LogP) is 3.88. The van der Waals surface area contributed by atoms with Crippen molar-refractivity contribution in [2.75, 3.05) is 33.3 Å². The Labute approximate surface area is 158 Å². The van der Waals surface area contributed by atoms with Crippen molar-refractivity contribution < 1.29 is 9.53 Å². The molecule has 0 spiro atoms. The average molecular weight is 359 g/mol. The number of hydrogen-bond acceptors (Lipinski definition) is 3. The van der Waals surface area contributed by atoms with Gasteiger partial charge in [-0.3, -0.25) is 4.79 Å². The first-order valence-corrected chi connectivity index (χ1v) is 10.4. The summed E-state index contributed by atoms with van der Waals surface area (Å²) >= 11 is 0. The van der Waals surface area contributed by atoms with Gasteiger partial charge in [-0.15, -0.1) is 0 Å². The lowest BCUT2D eigenvalue weighted by atomic mass is 9.98. The van der Waals surface area contributed by atoms with E-state index in [1.165, 1.54) is 51.6 Å². The van der Waals surface area contributed by atoms with Crippen LogP contribution < -0.4 is 4.74 Å². The summed E-state index contributed by atoms with van der Waals surface area (Å²) in [4.78, 5) is 17.7. The first-order valence-electron chi connectivity index (χ1n) is 10.4. The van der Waals surface area contributed by atoms with Crippen LogP contribution >= 0.6 is 0 Å². The molecule has 0 unspecified atom stereocenters. The smallest absolute Gasteiger partial charge is 0.227 e. The summed E-state index contributed by atoms with van der Waals surface area (Å²) in [7, 11) is 1.67. The highest BCUT2D eigenvalue weighted by Gasteiger charge is 2.27. The summed E-state index contributed by atoms with van der Waals surface area (Å²) in [5.41, 5.74) is 1.08. The second-order valence-electron chi connectivity index (χ2n) is 7.81. The summed E-state index contributed by atoms with van der Waals surface area (Å²) in [6, 6.07) is 8.32. The zero-order chi connectivity index (χ0) is 18.2. The van der Waals surface area contributed by atoms with Crippen LogP contribution in [0.2, 0.25) is 0 Å². The number of carbonyl (C=O) groups is 1. The van der Waals surface area contributed by atoms with Crippen molar-refractivity contribution in [2.45, 2.75) is 63.8 Å². The highest BCUT2D eigenvalue weighted by molar-refractivity contribution is 5.79. The molecule has 2 fully saturated rings. The number of benzene rings is 1. The van der Waals surface area contributed by atoms with Gasteiger partial charge in [-0.25, -0.2) is 0 Å². The number of hydrogen-bond donors (Lipinski definition) is 0. The van der Waals surface area contributed by atoms with Crippen molar-refractivity contribution in [3.05, 3.63) is 29.8 Å². The Bertz CT molecular complexity index is 550. The van der Waals surface area contributed by atoms with Gasteiger partial charge in [0.1, 0.15) is 5.75 Å². The molecule has 1 atom stereocenters. The molecule has 1 aromatic rings. The van der Waals surface area contributed by atoms with Crippen LogP contribution in [0.25, 0.3) is 0 Å². The Kier molecular flexibility index (Phi) is 7.36. The number of piperidine rings is 1. The van der Waals surface area contributed by atoms with Crippen molar-refractivity contribution in [1.82, 2.24) is 9.80 Å². The predicted molar refractivity (Wildman–Crippen MR) is 106 cm³/mol. The van der Waals surface area contributed by atoms with Crippen molar-refractivity contribution in [3.8, 4) is 5.75 Å². The molecular weight excluding hydrogens is 324 g/mol. The molecule has 4 heteroatoms. The summed E-state index contributed by atoms with van der Waals surface area (Å²) < 4.78 is 5.21. The van der Waals surface area contributed by atoms with Crippen molar-refractivity contribution in [1.29, 1.82) is 0 Å². The molecule has 0 radical (unpaired) electrons. The molecule has 2 aliphatic rings. The number of carbonyl (C=O) groups excluding carboxylic acids is 1. The van der Waals surface area contributed by atoms with E-state index in [9.17, 15) is 4.79 Å². The first-order chi connectivity index (χ1) is 12.8. The van der Waals surface area contributed by atoms with E-state index >= 15 is 0 Å². The molecule has 4 nitrogen and oxygen atoms in total. The van der Waals surface area contributed by atoms with Gasteiger partial charge < -0.3 is 14.5 Å². The normalized spacial score (nSPS) is 22.0. The monoisotopic (exact) mass is 358 g/mol. The van der Waals surface area contributed by atoms with Crippen LogP contribution in [-0.2, 0) is 11.2 Å². The highest BCUT2D eigenvalue weighted by atomic mass is 16.5. The molecule has 0 saturated carbocycles. The molecule has 0 aromatic heterocycles. The van der Waals surface area contributed by atoms with Crippen molar-refractivity contribution in [3.63, 3.8) is 0 Å². The quantitative estimate of drug-likeness (QED) is 0.773. The van der Waals surface area contributed by atoms with Gasteiger partial charge in [0.2, 0.25) is 5.91 Å². The maximum absolute atomic E-state index is 12.9. The van der Waals surface area contributed by atoms with Gasteiger partial charge in [0.15, 0.2) is 0 Å². The molecule has 1 amide bonds. The molecule has 0 aliphatic carbocycles. The van der Waals surface area contributed by atoms with Gasteiger partial charge in [-0.05, 0) is 69.3 Å².